The third-order valence-electron chi connectivity index (χ3n) is 3.18. The number of rotatable bonds is 4. The molecule has 2 N–H and O–H groups in total. The molecule has 0 atom stereocenters. The molecule has 96 valence electrons. The van der Waals surface area contributed by atoms with Crippen LogP contribution >= 0.6 is 0 Å². The molecule has 0 fully saturated rings. The van der Waals surface area contributed by atoms with E-state index in [1.807, 2.05) is 20.8 Å². The van der Waals surface area contributed by atoms with Crippen molar-refractivity contribution < 1.29 is 46.1 Å². The molecule has 0 amide bonds. The standard InChI is InChI=1S/C14H18O3.U/c1-8(14(16)17)5-6-12-7-9(2)10(3)13(15)11(12)4;/h15H,5-6H2,1-4H3,(H,16,17);/q-2;+2. The van der Waals surface area contributed by atoms with Gasteiger partial charge < -0.3 is 10.2 Å². The summed E-state index contributed by atoms with van der Waals surface area (Å²) in [4.78, 5) is 10.7. The van der Waals surface area contributed by atoms with Gasteiger partial charge in [-0.1, -0.05) is 27.2 Å². The summed E-state index contributed by atoms with van der Waals surface area (Å²) in [6, 6.07) is 3.21. The van der Waals surface area contributed by atoms with Crippen LogP contribution in [0.4, 0.5) is 0 Å². The molecule has 0 bridgehead atoms. The van der Waals surface area contributed by atoms with E-state index in [0.717, 1.165) is 22.3 Å². The number of carbonyl (C=O) groups is 1. The Kier molecular flexibility index (Phi) is 6.88. The second kappa shape index (κ2) is 7.11. The molecule has 0 spiro atoms. The van der Waals surface area contributed by atoms with Crippen LogP contribution in [0.2, 0.25) is 0 Å². The van der Waals surface area contributed by atoms with Crippen molar-refractivity contribution in [1.29, 1.82) is 0 Å². The Morgan fingerprint density at radius 3 is 2.33 bits per heavy atom. The van der Waals surface area contributed by atoms with E-state index >= 15 is 0 Å². The van der Waals surface area contributed by atoms with Gasteiger partial charge in [-0.2, -0.15) is 30.5 Å². The van der Waals surface area contributed by atoms with Crippen LogP contribution in [0.3, 0.4) is 0 Å². The minimum Gasteiger partial charge on any atom is -0.533 e. The summed E-state index contributed by atoms with van der Waals surface area (Å²) in [5.74, 6) is -0.143. The van der Waals surface area contributed by atoms with Gasteiger partial charge in [0.25, 0.3) is 0 Å². The third kappa shape index (κ3) is 3.97. The van der Waals surface area contributed by atoms with Gasteiger partial charge in [-0.05, 0) is 0 Å². The van der Waals surface area contributed by atoms with E-state index in [4.69, 9.17) is 5.11 Å². The number of aliphatic carboxylic acids is 1. The summed E-state index contributed by atoms with van der Waals surface area (Å²) >= 11 is 0. The molecule has 0 heterocycles. The van der Waals surface area contributed by atoms with E-state index in [1.165, 1.54) is 0 Å². The third-order valence-corrected chi connectivity index (χ3v) is 3.18. The van der Waals surface area contributed by atoms with Crippen molar-refractivity contribution in [3.63, 3.8) is 0 Å². The van der Waals surface area contributed by atoms with Crippen molar-refractivity contribution in [1.82, 2.24) is 0 Å². The normalized spacial score (nSPS) is 9.78. The van der Waals surface area contributed by atoms with Crippen molar-refractivity contribution in [2.75, 3.05) is 0 Å². The molecule has 1 rings (SSSR count). The zero-order chi connectivity index (χ0) is 13.2. The van der Waals surface area contributed by atoms with Crippen LogP contribution in [0.5, 0.6) is 5.75 Å². The topological polar surface area (TPSA) is 57.5 Å². The summed E-state index contributed by atoms with van der Waals surface area (Å²) in [5, 5.41) is 18.7. The molecule has 4 heteroatoms. The van der Waals surface area contributed by atoms with Crippen molar-refractivity contribution >= 4 is 5.97 Å². The molecule has 0 saturated heterocycles. The molecule has 0 radical (unpaired) electrons. The van der Waals surface area contributed by atoms with E-state index in [0.29, 0.717) is 24.5 Å². The van der Waals surface area contributed by atoms with Gasteiger partial charge in [-0.25, -0.2) is 0 Å². The number of hydrogen-bond acceptors (Lipinski definition) is 2. The molecule has 0 aliphatic carbocycles. The van der Waals surface area contributed by atoms with Gasteiger partial charge in [-0.3, -0.25) is 10.7 Å². The fourth-order valence-corrected chi connectivity index (χ4v) is 1.69. The number of phenolic OH excluding ortho intramolecular Hbond substituents is 1. The van der Waals surface area contributed by atoms with E-state index in [1.54, 1.807) is 6.92 Å². The average molecular weight is 472 g/mol. The van der Waals surface area contributed by atoms with Gasteiger partial charge >= 0.3 is 31.1 Å². The molecular weight excluding hydrogens is 454 g/mol. The zero-order valence-electron chi connectivity index (χ0n) is 11.2. The van der Waals surface area contributed by atoms with Gasteiger partial charge in [0.05, 0.1) is 0 Å². The molecule has 0 saturated carbocycles. The predicted molar refractivity (Wildman–Crippen MR) is 66.0 cm³/mol. The Labute approximate surface area is 132 Å². The molecule has 0 aromatic heterocycles. The number of phenols is 1. The Morgan fingerprint density at radius 1 is 1.28 bits per heavy atom. The van der Waals surface area contributed by atoms with Gasteiger partial charge in [0.2, 0.25) is 0 Å². The first-order valence-corrected chi connectivity index (χ1v) is 5.61. The summed E-state index contributed by atoms with van der Waals surface area (Å²) in [6.07, 6.45) is 1.08. The number of benzene rings is 1. The number of carboxylic acid groups (broad SMARTS) is 1. The van der Waals surface area contributed by atoms with Crippen LogP contribution in [0, 0.1) is 63.9 Å². The molecule has 1 aromatic carbocycles. The van der Waals surface area contributed by atoms with Crippen LogP contribution in [0.25, 0.3) is 0 Å². The largest absolute Gasteiger partial charge is 2.00 e. The first-order valence-electron chi connectivity index (χ1n) is 5.61. The van der Waals surface area contributed by atoms with E-state index in [9.17, 15) is 9.90 Å². The van der Waals surface area contributed by atoms with Crippen LogP contribution in [-0.4, -0.2) is 16.2 Å². The Hall–Kier alpha value is -0.588. The van der Waals surface area contributed by atoms with Crippen molar-refractivity contribution in [2.24, 2.45) is 0 Å². The Bertz CT molecular complexity index is 441. The zero-order valence-corrected chi connectivity index (χ0v) is 15.4. The molecule has 3 nitrogen and oxygen atoms in total. The fraction of sp³-hybridized carbons (Fsp3) is 0.429. The van der Waals surface area contributed by atoms with E-state index in [-0.39, 0.29) is 31.1 Å². The Balaban J connectivity index is 0.00000289. The second-order valence-corrected chi connectivity index (χ2v) is 4.41. The molecular formula is C14H18O3U. The number of aryl methyl sites for hydroxylation is 2. The maximum Gasteiger partial charge on any atom is 2.00 e. The molecule has 18 heavy (non-hydrogen) atoms. The van der Waals surface area contributed by atoms with Crippen molar-refractivity contribution in [3.8, 4) is 5.75 Å². The summed E-state index contributed by atoms with van der Waals surface area (Å²) in [6.45, 7) is 7.20. The van der Waals surface area contributed by atoms with Crippen LogP contribution < -0.4 is 0 Å². The van der Waals surface area contributed by atoms with Gasteiger partial charge in [0.15, 0.2) is 5.97 Å². The molecule has 0 aliphatic heterocycles. The van der Waals surface area contributed by atoms with Gasteiger partial charge in [0, 0.05) is 5.75 Å². The second-order valence-electron chi connectivity index (χ2n) is 4.41. The van der Waals surface area contributed by atoms with Crippen LogP contribution in [0.15, 0.2) is 0 Å². The van der Waals surface area contributed by atoms with Crippen molar-refractivity contribution in [2.45, 2.75) is 40.5 Å². The summed E-state index contributed by atoms with van der Waals surface area (Å²) < 4.78 is 0. The maximum atomic E-state index is 10.7. The predicted octanol–water partition coefficient (Wildman–Crippen LogP) is 2.73. The average Bonchev–Trinajstić information content (AvgIpc) is 2.28. The monoisotopic (exact) mass is 472 g/mol. The molecule has 0 aliphatic rings. The Morgan fingerprint density at radius 2 is 1.83 bits per heavy atom. The molecule has 0 unspecified atom stereocenters. The SMILES string of the molecule is Cc1[c-]c(CC[C-](C)C(=O)O)c(C)c(O)c1C.[U+2]. The van der Waals surface area contributed by atoms with Crippen molar-refractivity contribution in [3.05, 3.63) is 34.2 Å². The van der Waals surface area contributed by atoms with E-state index < -0.39 is 5.97 Å². The summed E-state index contributed by atoms with van der Waals surface area (Å²) in [7, 11) is 0. The van der Waals surface area contributed by atoms with E-state index in [2.05, 4.69) is 6.07 Å². The number of hydrogen-bond donors (Lipinski definition) is 2. The first kappa shape index (κ1) is 17.4. The number of aromatic hydroxyl groups is 1. The maximum absolute atomic E-state index is 10.7. The van der Waals surface area contributed by atoms with Crippen LogP contribution in [0.1, 0.15) is 35.6 Å². The first-order chi connectivity index (χ1) is 7.84. The quantitative estimate of drug-likeness (QED) is 0.663. The molecule has 1 aromatic rings. The summed E-state index contributed by atoms with van der Waals surface area (Å²) in [5.41, 5.74) is 3.44. The number of carboxylic acids is 1. The van der Waals surface area contributed by atoms with Gasteiger partial charge in [-0.15, -0.1) is 11.1 Å². The fourth-order valence-electron chi connectivity index (χ4n) is 1.69. The van der Waals surface area contributed by atoms with Crippen LogP contribution in [-0.2, 0) is 11.2 Å². The minimum atomic E-state index is -0.865. The smallest absolute Gasteiger partial charge is 0.533 e. The minimum absolute atomic E-state index is 0. The van der Waals surface area contributed by atoms with Gasteiger partial charge in [0.1, 0.15) is 0 Å².